The topological polar surface area (TPSA) is 29.3 Å². The Morgan fingerprint density at radius 3 is 3.16 bits per heavy atom. The van der Waals surface area contributed by atoms with Crippen molar-refractivity contribution in [2.45, 2.75) is 51.6 Å². The van der Waals surface area contributed by atoms with Crippen molar-refractivity contribution in [2.24, 2.45) is 17.6 Å². The molecule has 1 aromatic heterocycles. The summed E-state index contributed by atoms with van der Waals surface area (Å²) in [4.78, 5) is 4.27. The van der Waals surface area contributed by atoms with Crippen LogP contribution in [0.25, 0.3) is 0 Å². The molecule has 19 heavy (non-hydrogen) atoms. The molecule has 2 aliphatic rings. The molecule has 0 spiro atoms. The molecular weight excluding hydrogens is 252 g/mol. The van der Waals surface area contributed by atoms with E-state index in [-0.39, 0.29) is 0 Å². The maximum absolute atomic E-state index is 6.14. The van der Waals surface area contributed by atoms with Crippen molar-refractivity contribution in [3.8, 4) is 0 Å². The average Bonchev–Trinajstić information content (AvgIpc) is 2.87. The van der Waals surface area contributed by atoms with E-state index in [1.54, 1.807) is 10.4 Å². The first-order valence-corrected chi connectivity index (χ1v) is 8.65. The smallest absolute Gasteiger partial charge is 0.0250 e. The number of fused-ring (bicyclic) bond motifs is 1. The lowest BCUT2D eigenvalue weighted by Crippen LogP contribution is -2.48. The van der Waals surface area contributed by atoms with Gasteiger partial charge in [0.1, 0.15) is 0 Å². The van der Waals surface area contributed by atoms with E-state index in [0.717, 1.165) is 24.9 Å². The molecule has 3 unspecified atom stereocenters. The van der Waals surface area contributed by atoms with Crippen LogP contribution in [0.3, 0.4) is 0 Å². The summed E-state index contributed by atoms with van der Waals surface area (Å²) < 4.78 is 0. The lowest BCUT2D eigenvalue weighted by atomic mass is 9.78. The van der Waals surface area contributed by atoms with Crippen LogP contribution in [0.1, 0.15) is 43.0 Å². The Bertz CT molecular complexity index is 415. The summed E-state index contributed by atoms with van der Waals surface area (Å²) >= 11 is 1.92. The van der Waals surface area contributed by atoms with Crippen molar-refractivity contribution < 1.29 is 0 Å². The van der Waals surface area contributed by atoms with Crippen molar-refractivity contribution in [3.05, 3.63) is 21.9 Å². The van der Waals surface area contributed by atoms with Crippen LogP contribution in [0.4, 0.5) is 0 Å². The van der Waals surface area contributed by atoms with Crippen molar-refractivity contribution in [1.82, 2.24) is 4.90 Å². The number of hydrogen-bond acceptors (Lipinski definition) is 3. The Hall–Kier alpha value is -0.380. The normalized spacial score (nSPS) is 30.0. The number of nitrogens with zero attached hydrogens (tertiary/aromatic N) is 1. The van der Waals surface area contributed by atoms with Gasteiger partial charge in [0.05, 0.1) is 0 Å². The monoisotopic (exact) mass is 278 g/mol. The summed E-state index contributed by atoms with van der Waals surface area (Å²) in [7, 11) is 0. The lowest BCUT2D eigenvalue weighted by molar-refractivity contribution is 0.0970. The summed E-state index contributed by atoms with van der Waals surface area (Å²) in [5, 5.41) is 2.24. The molecule has 1 aromatic rings. The minimum Gasteiger partial charge on any atom is -0.329 e. The van der Waals surface area contributed by atoms with Gasteiger partial charge in [-0.3, -0.25) is 4.90 Å². The largest absolute Gasteiger partial charge is 0.329 e. The zero-order valence-corrected chi connectivity index (χ0v) is 12.8. The van der Waals surface area contributed by atoms with Crippen molar-refractivity contribution in [2.75, 3.05) is 13.1 Å². The first kappa shape index (κ1) is 13.6. The highest BCUT2D eigenvalue weighted by molar-refractivity contribution is 7.10. The molecule has 106 valence electrons. The van der Waals surface area contributed by atoms with Gasteiger partial charge in [-0.1, -0.05) is 19.8 Å². The Morgan fingerprint density at radius 1 is 1.47 bits per heavy atom. The fourth-order valence-electron chi connectivity index (χ4n) is 4.02. The summed E-state index contributed by atoms with van der Waals surface area (Å²) in [5.41, 5.74) is 7.69. The molecule has 1 saturated carbocycles. The van der Waals surface area contributed by atoms with Crippen molar-refractivity contribution >= 4 is 11.3 Å². The molecule has 2 N–H and O–H groups in total. The van der Waals surface area contributed by atoms with Crippen LogP contribution in [-0.4, -0.2) is 24.0 Å². The first-order chi connectivity index (χ1) is 9.28. The number of rotatable bonds is 3. The molecule has 0 radical (unpaired) electrons. The van der Waals surface area contributed by atoms with Crippen molar-refractivity contribution in [1.29, 1.82) is 0 Å². The van der Waals surface area contributed by atoms with Gasteiger partial charge in [-0.05, 0) is 48.1 Å². The van der Waals surface area contributed by atoms with E-state index in [2.05, 4.69) is 23.3 Å². The highest BCUT2D eigenvalue weighted by Crippen LogP contribution is 2.34. The molecule has 0 aromatic carbocycles. The molecule has 3 atom stereocenters. The number of nitrogens with two attached hydrogens (primary N) is 1. The van der Waals surface area contributed by atoms with Crippen LogP contribution in [0, 0.1) is 11.8 Å². The summed E-state index contributed by atoms with van der Waals surface area (Å²) in [5.74, 6) is 1.73. The van der Waals surface area contributed by atoms with Crippen LogP contribution < -0.4 is 5.73 Å². The Kier molecular flexibility index (Phi) is 4.25. The van der Waals surface area contributed by atoms with Crippen LogP contribution >= 0.6 is 11.3 Å². The molecule has 2 nitrogen and oxygen atoms in total. The third-order valence-electron chi connectivity index (χ3n) is 5.07. The first-order valence-electron chi connectivity index (χ1n) is 7.77. The standard InChI is InChI=1S/C16H26N2S/c1-12-3-2-4-13(9-12)15(10-17)18-7-5-16-14(11-18)6-8-19-16/h6,8,12-13,15H,2-5,7,9-11,17H2,1H3. The lowest BCUT2D eigenvalue weighted by Gasteiger charge is -2.41. The highest BCUT2D eigenvalue weighted by atomic mass is 32.1. The van der Waals surface area contributed by atoms with Gasteiger partial charge in [0.25, 0.3) is 0 Å². The molecule has 1 aliphatic heterocycles. The van der Waals surface area contributed by atoms with E-state index in [4.69, 9.17) is 5.73 Å². The predicted octanol–water partition coefficient (Wildman–Crippen LogP) is 3.26. The molecule has 1 fully saturated rings. The predicted molar refractivity (Wildman–Crippen MR) is 82.4 cm³/mol. The molecule has 2 heterocycles. The SMILES string of the molecule is CC1CCCC(C(CN)N2CCc3sccc3C2)C1. The van der Waals surface area contributed by atoms with Gasteiger partial charge in [0.15, 0.2) is 0 Å². The van der Waals surface area contributed by atoms with E-state index in [9.17, 15) is 0 Å². The minimum atomic E-state index is 0.607. The second kappa shape index (κ2) is 5.94. The molecule has 3 heteroatoms. The maximum atomic E-state index is 6.14. The number of thiophene rings is 1. The van der Waals surface area contributed by atoms with Gasteiger partial charge in [-0.15, -0.1) is 11.3 Å². The molecular formula is C16H26N2S. The van der Waals surface area contributed by atoms with E-state index in [0.29, 0.717) is 6.04 Å². The maximum Gasteiger partial charge on any atom is 0.0250 e. The fourth-order valence-corrected chi connectivity index (χ4v) is 4.91. The average molecular weight is 278 g/mol. The van der Waals surface area contributed by atoms with Crippen LogP contribution in [0.5, 0.6) is 0 Å². The van der Waals surface area contributed by atoms with Gasteiger partial charge in [0, 0.05) is 30.6 Å². The molecule has 0 saturated heterocycles. The minimum absolute atomic E-state index is 0.607. The van der Waals surface area contributed by atoms with Gasteiger partial charge >= 0.3 is 0 Å². The zero-order valence-electron chi connectivity index (χ0n) is 12.0. The summed E-state index contributed by atoms with van der Waals surface area (Å²) in [6.07, 6.45) is 6.82. The van der Waals surface area contributed by atoms with Gasteiger partial charge in [-0.2, -0.15) is 0 Å². The quantitative estimate of drug-likeness (QED) is 0.919. The summed E-state index contributed by atoms with van der Waals surface area (Å²) in [6.45, 7) is 5.58. The van der Waals surface area contributed by atoms with Crippen LogP contribution in [0.15, 0.2) is 11.4 Å². The number of hydrogen-bond donors (Lipinski definition) is 1. The van der Waals surface area contributed by atoms with E-state index >= 15 is 0 Å². The molecule has 0 bridgehead atoms. The Labute approximate surface area is 121 Å². The zero-order chi connectivity index (χ0) is 13.2. The van der Waals surface area contributed by atoms with E-state index in [1.165, 1.54) is 38.6 Å². The van der Waals surface area contributed by atoms with Gasteiger partial charge in [-0.25, -0.2) is 0 Å². The molecule has 0 amide bonds. The Balaban J connectivity index is 1.69. The molecule has 3 rings (SSSR count). The third-order valence-corrected chi connectivity index (χ3v) is 6.09. The van der Waals surface area contributed by atoms with Crippen LogP contribution in [0.2, 0.25) is 0 Å². The van der Waals surface area contributed by atoms with E-state index in [1.807, 2.05) is 11.3 Å². The van der Waals surface area contributed by atoms with Crippen molar-refractivity contribution in [3.63, 3.8) is 0 Å². The highest BCUT2D eigenvalue weighted by Gasteiger charge is 2.31. The Morgan fingerprint density at radius 2 is 2.37 bits per heavy atom. The second-order valence-corrected chi connectivity index (χ2v) is 7.43. The van der Waals surface area contributed by atoms with Gasteiger partial charge < -0.3 is 5.73 Å². The van der Waals surface area contributed by atoms with E-state index < -0.39 is 0 Å². The van der Waals surface area contributed by atoms with Gasteiger partial charge in [0.2, 0.25) is 0 Å². The molecule has 1 aliphatic carbocycles. The third kappa shape index (κ3) is 2.88. The van der Waals surface area contributed by atoms with Crippen LogP contribution in [-0.2, 0) is 13.0 Å². The second-order valence-electron chi connectivity index (χ2n) is 6.42. The fraction of sp³-hybridized carbons (Fsp3) is 0.750. The summed E-state index contributed by atoms with van der Waals surface area (Å²) in [6, 6.07) is 2.92.